The van der Waals surface area contributed by atoms with Crippen molar-refractivity contribution < 1.29 is 57.3 Å². The second kappa shape index (κ2) is 20.1. The molecule has 0 heterocycles. The average molecular weight is 1010 g/mol. The Labute approximate surface area is 409 Å². The van der Waals surface area contributed by atoms with Gasteiger partial charge in [-0.1, -0.05) is 0 Å². The monoisotopic (exact) mass is 1010 g/mol. The van der Waals surface area contributed by atoms with Crippen LogP contribution in [0.4, 0.5) is 0 Å². The van der Waals surface area contributed by atoms with E-state index in [-0.39, 0.29) is 13.8 Å². The van der Waals surface area contributed by atoms with Crippen LogP contribution in [0, 0.1) is 0 Å². The molecule has 12 rings (SSSR count). The Morgan fingerprint density at radius 2 is 0.462 bits per heavy atom. The SMILES string of the molecule is C1=C[CH]([Zr+]([CH]2C=Cc3ccccc32)[CH](c2ccccc2)c2ccccc2)c2ccccc21.C1=C[CH]([Zr+]([CH]2C=Cc3ccccc32)[CH](c2ccccc2)c2ccccc2)c2ccccc21.[Cl-].[H-]. The maximum Gasteiger partial charge on any atom is -1.00 e. The van der Waals surface area contributed by atoms with Gasteiger partial charge in [-0.3, -0.25) is 0 Å². The summed E-state index contributed by atoms with van der Waals surface area (Å²) in [5.41, 5.74) is 17.7. The second-order valence-electron chi connectivity index (χ2n) is 17.4. The summed E-state index contributed by atoms with van der Waals surface area (Å²) in [5.74, 6) is 0. The minimum atomic E-state index is -2.36. The van der Waals surface area contributed by atoms with Crippen LogP contribution in [0.1, 0.15) is 89.9 Å². The maximum absolute atomic E-state index is 2.53. The number of halogens is 1. The molecule has 4 atom stereocenters. The Balaban J connectivity index is 0.000000161. The van der Waals surface area contributed by atoms with Crippen LogP contribution in [0.25, 0.3) is 24.3 Å². The summed E-state index contributed by atoms with van der Waals surface area (Å²) >= 11 is -4.71. The normalized spacial score (nSPS) is 17.8. The summed E-state index contributed by atoms with van der Waals surface area (Å²) in [7, 11) is 0. The van der Waals surface area contributed by atoms with E-state index in [1.807, 2.05) is 0 Å². The molecule has 0 amide bonds. The predicted octanol–water partition coefficient (Wildman–Crippen LogP) is 13.0. The van der Waals surface area contributed by atoms with Crippen molar-refractivity contribution in [2.45, 2.75) is 21.8 Å². The van der Waals surface area contributed by atoms with Crippen LogP contribution in [-0.2, 0) is 43.5 Å². The number of allylic oxidation sites excluding steroid dienone is 4. The fraction of sp³-hybridized carbons (Fsp3) is 0.0968. The third-order valence-corrected chi connectivity index (χ3v) is 32.4. The van der Waals surface area contributed by atoms with Crippen molar-refractivity contribution in [3.63, 3.8) is 0 Å². The standard InChI is InChI=1S/2C13H11.4C9H7.ClH.2Zr.H/c2*1-3-7-12(8-4-1)11-13-9-5-2-6-10-13;4*1-2-5-9-7-3-6-8(9)4-1;;;;/h2*1-11H;4*1-7H;1H;;;/q;;;;;;;2*+1;-1/p-1. The fourth-order valence-corrected chi connectivity index (χ4v) is 31.4. The van der Waals surface area contributed by atoms with Crippen LogP contribution < -0.4 is 12.4 Å². The molecule has 8 aromatic rings. The average Bonchev–Trinajstić information content (AvgIpc) is 4.20. The third-order valence-electron chi connectivity index (χ3n) is 13.8. The molecule has 0 aliphatic heterocycles. The van der Waals surface area contributed by atoms with Crippen LogP contribution in [0.15, 0.2) is 243 Å². The summed E-state index contributed by atoms with van der Waals surface area (Å²) in [6.07, 6.45) is 19.6. The van der Waals surface area contributed by atoms with Gasteiger partial charge in [-0.2, -0.15) is 0 Å². The van der Waals surface area contributed by atoms with Gasteiger partial charge < -0.3 is 13.8 Å². The summed E-state index contributed by atoms with van der Waals surface area (Å²) in [6.45, 7) is 0. The molecule has 0 spiro atoms. The molecule has 0 saturated heterocycles. The van der Waals surface area contributed by atoms with Crippen molar-refractivity contribution in [1.82, 2.24) is 0 Å². The molecule has 4 unspecified atom stereocenters. The fourth-order valence-electron chi connectivity index (χ4n) is 11.0. The number of hydrogen-bond acceptors (Lipinski definition) is 0. The van der Waals surface area contributed by atoms with Gasteiger partial charge in [0.15, 0.2) is 0 Å². The van der Waals surface area contributed by atoms with Crippen LogP contribution in [0.5, 0.6) is 0 Å². The molecular formula is C62H51ClZr2. The molecule has 0 fully saturated rings. The Bertz CT molecular complexity index is 2590. The maximum atomic E-state index is 2.53. The smallest absolute Gasteiger partial charge is 1.00 e. The van der Waals surface area contributed by atoms with Crippen molar-refractivity contribution in [3.05, 3.63) is 309 Å². The van der Waals surface area contributed by atoms with Crippen LogP contribution in [0.3, 0.4) is 0 Å². The molecule has 0 N–H and O–H groups in total. The van der Waals surface area contributed by atoms with E-state index < -0.39 is 43.5 Å². The van der Waals surface area contributed by atoms with Gasteiger partial charge in [0.25, 0.3) is 0 Å². The van der Waals surface area contributed by atoms with Gasteiger partial charge >= 0.3 is 399 Å². The van der Waals surface area contributed by atoms with E-state index in [0.717, 1.165) is 0 Å². The van der Waals surface area contributed by atoms with E-state index in [2.05, 4.69) is 267 Å². The molecule has 0 bridgehead atoms. The molecule has 4 aliphatic carbocycles. The van der Waals surface area contributed by atoms with Crippen LogP contribution in [0.2, 0.25) is 0 Å². The molecule has 0 aromatic heterocycles. The van der Waals surface area contributed by atoms with Crippen molar-refractivity contribution in [2.24, 2.45) is 0 Å². The van der Waals surface area contributed by atoms with Crippen molar-refractivity contribution in [3.8, 4) is 0 Å². The van der Waals surface area contributed by atoms with Crippen LogP contribution in [-0.4, -0.2) is 0 Å². The van der Waals surface area contributed by atoms with Gasteiger partial charge in [-0.05, 0) is 0 Å². The summed E-state index contributed by atoms with van der Waals surface area (Å²) in [4.78, 5) is 0. The van der Waals surface area contributed by atoms with E-state index in [1.165, 1.54) is 66.8 Å². The van der Waals surface area contributed by atoms with Crippen LogP contribution >= 0.6 is 0 Å². The number of benzene rings is 8. The number of hydrogen-bond donors (Lipinski definition) is 0. The zero-order valence-corrected chi connectivity index (χ0v) is 41.9. The van der Waals surface area contributed by atoms with E-state index in [1.54, 1.807) is 0 Å². The first-order valence-electron chi connectivity index (χ1n) is 22.8. The minimum Gasteiger partial charge on any atom is -1.00 e. The molecule has 314 valence electrons. The molecule has 65 heavy (non-hydrogen) atoms. The zero-order chi connectivity index (χ0) is 42.7. The van der Waals surface area contributed by atoms with E-state index >= 15 is 0 Å². The topological polar surface area (TPSA) is 0 Å². The molecule has 4 aliphatic rings. The van der Waals surface area contributed by atoms with Gasteiger partial charge in [0.1, 0.15) is 0 Å². The van der Waals surface area contributed by atoms with Crippen molar-refractivity contribution in [1.29, 1.82) is 0 Å². The predicted molar refractivity (Wildman–Crippen MR) is 263 cm³/mol. The number of fused-ring (bicyclic) bond motifs is 4. The molecule has 0 radical (unpaired) electrons. The molecule has 0 saturated carbocycles. The Morgan fingerprint density at radius 1 is 0.262 bits per heavy atom. The Kier molecular flexibility index (Phi) is 13.5. The van der Waals surface area contributed by atoms with Gasteiger partial charge in [0.2, 0.25) is 0 Å². The van der Waals surface area contributed by atoms with Crippen molar-refractivity contribution in [2.75, 3.05) is 0 Å². The number of rotatable bonds is 10. The van der Waals surface area contributed by atoms with Gasteiger partial charge in [0.05, 0.1) is 0 Å². The Hall–Kier alpha value is -5.22. The van der Waals surface area contributed by atoms with E-state index in [4.69, 9.17) is 0 Å². The summed E-state index contributed by atoms with van der Waals surface area (Å²) in [6, 6.07) is 81.3. The zero-order valence-electron chi connectivity index (χ0n) is 37.2. The summed E-state index contributed by atoms with van der Waals surface area (Å²) < 4.78 is 3.20. The largest absolute Gasteiger partial charge is 1.00 e. The van der Waals surface area contributed by atoms with E-state index in [0.29, 0.717) is 21.8 Å². The minimum absolute atomic E-state index is 0. The van der Waals surface area contributed by atoms with Gasteiger partial charge in [-0.25, -0.2) is 0 Å². The first kappa shape index (κ1) is 43.7. The molecular weight excluding hydrogens is 963 g/mol. The quantitative estimate of drug-likeness (QED) is 0.128. The molecule has 0 nitrogen and oxygen atoms in total. The van der Waals surface area contributed by atoms with E-state index in [9.17, 15) is 0 Å². The van der Waals surface area contributed by atoms with Crippen molar-refractivity contribution >= 4 is 24.3 Å². The summed E-state index contributed by atoms with van der Waals surface area (Å²) in [5, 5.41) is 0. The molecule has 8 aromatic carbocycles. The van der Waals surface area contributed by atoms with Gasteiger partial charge in [0, 0.05) is 0 Å². The first-order chi connectivity index (χ1) is 31.8. The van der Waals surface area contributed by atoms with Gasteiger partial charge in [-0.15, -0.1) is 0 Å². The molecule has 3 heteroatoms. The second-order valence-corrected chi connectivity index (χ2v) is 31.2. The first-order valence-corrected chi connectivity index (χ1v) is 31.3. The third kappa shape index (κ3) is 8.79. The Morgan fingerprint density at radius 3 is 0.692 bits per heavy atom.